The zero-order valence-corrected chi connectivity index (χ0v) is 11.6. The summed E-state index contributed by atoms with van der Waals surface area (Å²) in [6.07, 6.45) is 0. The van der Waals surface area contributed by atoms with Crippen LogP contribution in [-0.4, -0.2) is 30.6 Å². The molecule has 2 aromatic carbocycles. The van der Waals surface area contributed by atoms with Crippen LogP contribution in [0, 0.1) is 0 Å². The van der Waals surface area contributed by atoms with Crippen molar-refractivity contribution in [1.82, 2.24) is 5.32 Å². The summed E-state index contributed by atoms with van der Waals surface area (Å²) >= 11 is 0. The summed E-state index contributed by atoms with van der Waals surface area (Å²) in [6.45, 7) is -0.401. The molecule has 2 N–H and O–H groups in total. The number of carbonyl (C=O) groups is 2. The number of para-hydroxylation sites is 2. The van der Waals surface area contributed by atoms with Crippen molar-refractivity contribution in [1.29, 1.82) is 0 Å². The maximum atomic E-state index is 12.1. The highest BCUT2D eigenvalue weighted by Crippen LogP contribution is 2.26. The van der Waals surface area contributed by atoms with Crippen molar-refractivity contribution in [2.24, 2.45) is 0 Å². The number of nitrogens with one attached hydrogen (secondary N) is 1. The molecule has 0 spiro atoms. The summed E-state index contributed by atoms with van der Waals surface area (Å²) in [6, 6.07) is 16.7. The van der Waals surface area contributed by atoms with Crippen molar-refractivity contribution in [3.05, 3.63) is 60.2 Å². The fourth-order valence-corrected chi connectivity index (χ4v) is 2.00. The highest BCUT2D eigenvalue weighted by molar-refractivity contribution is 6.01. The van der Waals surface area contributed by atoms with Crippen LogP contribution < -0.4 is 10.2 Å². The molecule has 0 aliphatic heterocycles. The molecule has 0 radical (unpaired) electrons. The topological polar surface area (TPSA) is 69.6 Å². The minimum Gasteiger partial charge on any atom is -0.480 e. The predicted molar refractivity (Wildman–Crippen MR) is 80.9 cm³/mol. The Morgan fingerprint density at radius 1 is 1.05 bits per heavy atom. The summed E-state index contributed by atoms with van der Waals surface area (Å²) in [7, 11) is 1.86. The first-order chi connectivity index (χ1) is 10.1. The third-order valence-corrected chi connectivity index (χ3v) is 3.05. The van der Waals surface area contributed by atoms with Gasteiger partial charge in [0.05, 0.1) is 11.3 Å². The van der Waals surface area contributed by atoms with Crippen molar-refractivity contribution in [3.63, 3.8) is 0 Å². The predicted octanol–water partition coefficient (Wildman–Crippen LogP) is 2.27. The van der Waals surface area contributed by atoms with Crippen LogP contribution in [0.4, 0.5) is 11.4 Å². The molecule has 0 atom stereocenters. The van der Waals surface area contributed by atoms with Gasteiger partial charge in [-0.15, -0.1) is 0 Å². The van der Waals surface area contributed by atoms with Gasteiger partial charge in [-0.2, -0.15) is 0 Å². The van der Waals surface area contributed by atoms with Crippen LogP contribution in [0.5, 0.6) is 0 Å². The highest BCUT2D eigenvalue weighted by atomic mass is 16.4. The summed E-state index contributed by atoms with van der Waals surface area (Å²) < 4.78 is 0. The Morgan fingerprint density at radius 2 is 1.67 bits per heavy atom. The van der Waals surface area contributed by atoms with Gasteiger partial charge >= 0.3 is 5.97 Å². The second-order valence-corrected chi connectivity index (χ2v) is 4.49. The van der Waals surface area contributed by atoms with Crippen LogP contribution >= 0.6 is 0 Å². The molecule has 5 nitrogen and oxygen atoms in total. The monoisotopic (exact) mass is 284 g/mol. The summed E-state index contributed by atoms with van der Waals surface area (Å²) in [5, 5.41) is 11.0. The van der Waals surface area contributed by atoms with Crippen molar-refractivity contribution < 1.29 is 14.7 Å². The largest absolute Gasteiger partial charge is 0.480 e. The lowest BCUT2D eigenvalue weighted by atomic mass is 10.1. The number of anilines is 2. The molecule has 0 heterocycles. The van der Waals surface area contributed by atoms with E-state index in [0.29, 0.717) is 11.3 Å². The number of benzene rings is 2. The molecular formula is C16H16N2O3. The first-order valence-electron chi connectivity index (χ1n) is 6.47. The minimum absolute atomic E-state index is 0.401. The molecule has 1 amide bonds. The number of amides is 1. The molecule has 0 bridgehead atoms. The standard InChI is InChI=1S/C16H16N2O3/c1-18(12-7-3-2-4-8-12)14-10-6-5-9-13(14)16(21)17-11-15(19)20/h2-10H,11H2,1H3,(H,17,21)(H,19,20). The zero-order chi connectivity index (χ0) is 15.2. The first kappa shape index (κ1) is 14.6. The molecule has 0 aromatic heterocycles. The van der Waals surface area contributed by atoms with Crippen LogP contribution in [0.3, 0.4) is 0 Å². The molecule has 21 heavy (non-hydrogen) atoms. The average Bonchev–Trinajstić information content (AvgIpc) is 2.52. The highest BCUT2D eigenvalue weighted by Gasteiger charge is 2.15. The number of hydrogen-bond acceptors (Lipinski definition) is 3. The van der Waals surface area contributed by atoms with E-state index in [1.807, 2.05) is 54.4 Å². The van der Waals surface area contributed by atoms with E-state index in [1.165, 1.54) is 0 Å². The van der Waals surface area contributed by atoms with E-state index in [2.05, 4.69) is 5.32 Å². The Hall–Kier alpha value is -2.82. The maximum absolute atomic E-state index is 12.1. The van der Waals surface area contributed by atoms with Gasteiger partial charge in [-0.3, -0.25) is 9.59 Å². The smallest absolute Gasteiger partial charge is 0.322 e. The van der Waals surface area contributed by atoms with Gasteiger partial charge in [-0.25, -0.2) is 0 Å². The van der Waals surface area contributed by atoms with Crippen LogP contribution in [0.1, 0.15) is 10.4 Å². The number of carboxylic acid groups (broad SMARTS) is 1. The fourth-order valence-electron chi connectivity index (χ4n) is 2.00. The van der Waals surface area contributed by atoms with Gasteiger partial charge in [0.25, 0.3) is 5.91 Å². The van der Waals surface area contributed by atoms with Crippen molar-refractivity contribution in [2.45, 2.75) is 0 Å². The molecular weight excluding hydrogens is 268 g/mol. The Kier molecular flexibility index (Phi) is 4.56. The van der Waals surface area contributed by atoms with E-state index in [9.17, 15) is 9.59 Å². The summed E-state index contributed by atoms with van der Waals surface area (Å²) in [5.74, 6) is -1.48. The SMILES string of the molecule is CN(c1ccccc1)c1ccccc1C(=O)NCC(=O)O. The quantitative estimate of drug-likeness (QED) is 0.883. The van der Waals surface area contributed by atoms with Gasteiger partial charge in [0, 0.05) is 12.7 Å². The fraction of sp³-hybridized carbons (Fsp3) is 0.125. The van der Waals surface area contributed by atoms with Crippen LogP contribution in [-0.2, 0) is 4.79 Å². The van der Waals surface area contributed by atoms with Crippen LogP contribution in [0.15, 0.2) is 54.6 Å². The average molecular weight is 284 g/mol. The second kappa shape index (κ2) is 6.56. The molecule has 108 valence electrons. The van der Waals surface area contributed by atoms with Gasteiger partial charge < -0.3 is 15.3 Å². The van der Waals surface area contributed by atoms with Gasteiger partial charge in [0.15, 0.2) is 0 Å². The van der Waals surface area contributed by atoms with E-state index in [-0.39, 0.29) is 0 Å². The number of nitrogens with zero attached hydrogens (tertiary/aromatic N) is 1. The number of carboxylic acids is 1. The van der Waals surface area contributed by atoms with E-state index in [0.717, 1.165) is 5.69 Å². The van der Waals surface area contributed by atoms with Crippen molar-refractivity contribution in [3.8, 4) is 0 Å². The number of aliphatic carboxylic acids is 1. The maximum Gasteiger partial charge on any atom is 0.322 e. The van der Waals surface area contributed by atoms with Gasteiger partial charge in [0.2, 0.25) is 0 Å². The third kappa shape index (κ3) is 3.60. The van der Waals surface area contributed by atoms with Crippen molar-refractivity contribution >= 4 is 23.3 Å². The van der Waals surface area contributed by atoms with E-state index < -0.39 is 18.4 Å². The summed E-state index contributed by atoms with van der Waals surface area (Å²) in [4.78, 5) is 24.5. The third-order valence-electron chi connectivity index (χ3n) is 3.05. The molecule has 5 heteroatoms. The Morgan fingerprint density at radius 3 is 2.33 bits per heavy atom. The lowest BCUT2D eigenvalue weighted by molar-refractivity contribution is -0.135. The molecule has 0 saturated carbocycles. The van der Waals surface area contributed by atoms with Crippen molar-refractivity contribution in [2.75, 3.05) is 18.5 Å². The Bertz CT molecular complexity index is 641. The molecule has 0 aliphatic rings. The van der Waals surface area contributed by atoms with Gasteiger partial charge in [-0.1, -0.05) is 30.3 Å². The molecule has 0 unspecified atom stereocenters. The van der Waals surface area contributed by atoms with E-state index in [4.69, 9.17) is 5.11 Å². The lowest BCUT2D eigenvalue weighted by Crippen LogP contribution is -2.30. The second-order valence-electron chi connectivity index (χ2n) is 4.49. The molecule has 0 fully saturated rings. The Balaban J connectivity index is 2.28. The molecule has 0 saturated heterocycles. The lowest BCUT2D eigenvalue weighted by Gasteiger charge is -2.22. The van der Waals surface area contributed by atoms with E-state index in [1.54, 1.807) is 12.1 Å². The normalized spacial score (nSPS) is 9.95. The number of carbonyl (C=O) groups excluding carboxylic acids is 1. The van der Waals surface area contributed by atoms with Crippen LogP contribution in [0.2, 0.25) is 0 Å². The molecule has 0 aliphatic carbocycles. The van der Waals surface area contributed by atoms with Gasteiger partial charge in [-0.05, 0) is 24.3 Å². The first-order valence-corrected chi connectivity index (χ1v) is 6.47. The van der Waals surface area contributed by atoms with E-state index >= 15 is 0 Å². The number of rotatable bonds is 5. The molecule has 2 rings (SSSR count). The zero-order valence-electron chi connectivity index (χ0n) is 11.6. The van der Waals surface area contributed by atoms with Gasteiger partial charge in [0.1, 0.15) is 6.54 Å². The number of hydrogen-bond donors (Lipinski definition) is 2. The Labute approximate surface area is 122 Å². The minimum atomic E-state index is -1.07. The summed E-state index contributed by atoms with van der Waals surface area (Å²) in [5.41, 5.74) is 2.09. The van der Waals surface area contributed by atoms with Crippen LogP contribution in [0.25, 0.3) is 0 Å². The molecule has 2 aromatic rings.